The van der Waals surface area contributed by atoms with Crippen molar-refractivity contribution in [2.24, 2.45) is 0 Å². The van der Waals surface area contributed by atoms with Crippen molar-refractivity contribution in [1.29, 1.82) is 0 Å². The monoisotopic (exact) mass is 365 g/mol. The first-order valence-corrected chi connectivity index (χ1v) is 7.74. The zero-order chi connectivity index (χ0) is 19.0. The number of ether oxygens (including phenoxy) is 2. The fraction of sp³-hybridized carbons (Fsp3) is 0. The second-order valence-electron chi connectivity index (χ2n) is 5.62. The lowest BCUT2D eigenvalue weighted by atomic mass is 10.2. The second-order valence-corrected chi connectivity index (χ2v) is 5.62. The number of hydrogen-bond donors (Lipinski definition) is 2. The molecular weight excluding hydrogens is 354 g/mol. The van der Waals surface area contributed by atoms with Crippen molar-refractivity contribution >= 4 is 33.6 Å². The van der Waals surface area contributed by atoms with E-state index in [0.717, 1.165) is 21.8 Å². The number of carboxylic acid groups (broad SMARTS) is 1. The summed E-state index contributed by atoms with van der Waals surface area (Å²) in [6, 6.07) is 12.6. The van der Waals surface area contributed by atoms with Gasteiger partial charge in [-0.25, -0.2) is 9.78 Å². The molecule has 0 spiro atoms. The third-order valence-electron chi connectivity index (χ3n) is 3.90. The molecular formula is C18H11N3O6. The molecule has 0 aliphatic carbocycles. The number of pyridine rings is 1. The van der Waals surface area contributed by atoms with Crippen molar-refractivity contribution in [3.63, 3.8) is 0 Å². The van der Waals surface area contributed by atoms with E-state index in [1.807, 2.05) is 6.07 Å². The zero-order valence-electron chi connectivity index (χ0n) is 13.6. The van der Waals surface area contributed by atoms with Crippen LogP contribution in [-0.4, -0.2) is 26.2 Å². The molecule has 0 aliphatic rings. The number of hydrogen-bond acceptors (Lipinski definition) is 6. The number of nitro groups is 1. The van der Waals surface area contributed by atoms with E-state index in [2.05, 4.69) is 14.7 Å². The van der Waals surface area contributed by atoms with Gasteiger partial charge in [0.25, 0.3) is 5.69 Å². The van der Waals surface area contributed by atoms with Crippen LogP contribution >= 0.6 is 0 Å². The number of rotatable bonds is 4. The SMILES string of the molecule is O=C(O)Oc1cc2c(cn1)[nH]c1ccc(Oc3ccc([N+](=O)[O-])cc3)cc12. The summed E-state index contributed by atoms with van der Waals surface area (Å²) in [6.45, 7) is 0. The van der Waals surface area contributed by atoms with E-state index >= 15 is 0 Å². The average molecular weight is 365 g/mol. The second kappa shape index (κ2) is 6.30. The third-order valence-corrected chi connectivity index (χ3v) is 3.90. The summed E-state index contributed by atoms with van der Waals surface area (Å²) in [4.78, 5) is 28.0. The lowest BCUT2D eigenvalue weighted by Gasteiger charge is -2.05. The lowest BCUT2D eigenvalue weighted by Crippen LogP contribution is -2.03. The van der Waals surface area contributed by atoms with E-state index in [1.54, 1.807) is 12.1 Å². The van der Waals surface area contributed by atoms with Gasteiger partial charge in [0.05, 0.1) is 16.6 Å². The molecule has 2 heterocycles. The normalized spacial score (nSPS) is 10.8. The standard InChI is InChI=1S/C18H11N3O6/c22-18(23)27-17-8-14-13-7-12(5-6-15(13)20-16(14)9-19-17)26-11-3-1-10(2-4-11)21(24)25/h1-9,20H,(H,22,23). The number of nitrogens with zero attached hydrogens (tertiary/aromatic N) is 2. The van der Waals surface area contributed by atoms with Crippen LogP contribution in [0, 0.1) is 10.1 Å². The Morgan fingerprint density at radius 3 is 2.44 bits per heavy atom. The summed E-state index contributed by atoms with van der Waals surface area (Å²) >= 11 is 0. The molecule has 4 rings (SSSR count). The van der Waals surface area contributed by atoms with Gasteiger partial charge < -0.3 is 19.6 Å². The summed E-state index contributed by atoms with van der Waals surface area (Å²) < 4.78 is 10.4. The summed E-state index contributed by atoms with van der Waals surface area (Å²) in [5.74, 6) is 0.948. The number of fused-ring (bicyclic) bond motifs is 3. The lowest BCUT2D eigenvalue weighted by molar-refractivity contribution is -0.384. The van der Waals surface area contributed by atoms with Crippen LogP contribution in [-0.2, 0) is 0 Å². The Kier molecular flexibility index (Phi) is 3.81. The van der Waals surface area contributed by atoms with Crippen LogP contribution in [0.3, 0.4) is 0 Å². The fourth-order valence-electron chi connectivity index (χ4n) is 2.74. The first kappa shape index (κ1) is 16.3. The number of H-pyrrole nitrogens is 1. The highest BCUT2D eigenvalue weighted by Crippen LogP contribution is 2.32. The summed E-state index contributed by atoms with van der Waals surface area (Å²) in [5, 5.41) is 21.0. The van der Waals surface area contributed by atoms with Gasteiger partial charge in [-0.3, -0.25) is 10.1 Å². The number of non-ortho nitro benzene ring substituents is 1. The van der Waals surface area contributed by atoms with Crippen molar-refractivity contribution < 1.29 is 24.3 Å². The Bertz CT molecular complexity index is 1180. The van der Waals surface area contributed by atoms with Crippen LogP contribution in [0.2, 0.25) is 0 Å². The van der Waals surface area contributed by atoms with Crippen molar-refractivity contribution in [3.8, 4) is 17.4 Å². The van der Waals surface area contributed by atoms with Crippen LogP contribution < -0.4 is 9.47 Å². The summed E-state index contributed by atoms with van der Waals surface area (Å²) in [6.07, 6.45) is 0.0497. The molecule has 27 heavy (non-hydrogen) atoms. The molecule has 0 radical (unpaired) electrons. The Hall–Kier alpha value is -4.14. The van der Waals surface area contributed by atoms with Crippen LogP contribution in [0.4, 0.5) is 10.5 Å². The van der Waals surface area contributed by atoms with E-state index in [4.69, 9.17) is 9.84 Å². The van der Waals surface area contributed by atoms with Crippen LogP contribution in [0.5, 0.6) is 17.4 Å². The van der Waals surface area contributed by atoms with Crippen LogP contribution in [0.15, 0.2) is 54.7 Å². The molecule has 0 saturated carbocycles. The number of nitro benzene ring substituents is 1. The van der Waals surface area contributed by atoms with Gasteiger partial charge in [-0.2, -0.15) is 0 Å². The van der Waals surface area contributed by atoms with E-state index in [9.17, 15) is 14.9 Å². The maximum atomic E-state index is 10.7. The van der Waals surface area contributed by atoms with Gasteiger partial charge in [-0.15, -0.1) is 0 Å². The van der Waals surface area contributed by atoms with E-state index in [-0.39, 0.29) is 11.6 Å². The zero-order valence-corrected chi connectivity index (χ0v) is 13.6. The van der Waals surface area contributed by atoms with Crippen LogP contribution in [0.25, 0.3) is 21.8 Å². The fourth-order valence-corrected chi connectivity index (χ4v) is 2.74. The molecule has 2 N–H and O–H groups in total. The smallest absolute Gasteiger partial charge is 0.457 e. The molecule has 0 bridgehead atoms. The van der Waals surface area contributed by atoms with Gasteiger partial charge in [-0.1, -0.05) is 0 Å². The van der Waals surface area contributed by atoms with Gasteiger partial charge in [0.2, 0.25) is 5.88 Å². The summed E-state index contributed by atoms with van der Waals surface area (Å²) in [7, 11) is 0. The quantitative estimate of drug-likeness (QED) is 0.310. The Morgan fingerprint density at radius 2 is 1.74 bits per heavy atom. The van der Waals surface area contributed by atoms with Crippen LogP contribution in [0.1, 0.15) is 0 Å². The first-order chi connectivity index (χ1) is 13.0. The number of nitrogens with one attached hydrogen (secondary N) is 1. The molecule has 9 nitrogen and oxygen atoms in total. The van der Waals surface area contributed by atoms with Crippen molar-refractivity contribution in [3.05, 3.63) is 64.8 Å². The predicted octanol–water partition coefficient (Wildman–Crippen LogP) is 4.47. The molecule has 4 aromatic rings. The highest BCUT2D eigenvalue weighted by atomic mass is 16.7. The number of aromatic nitrogens is 2. The molecule has 0 amide bonds. The molecule has 0 aliphatic heterocycles. The molecule has 0 fully saturated rings. The van der Waals surface area contributed by atoms with Gasteiger partial charge in [0.15, 0.2) is 0 Å². The summed E-state index contributed by atoms with van der Waals surface area (Å²) in [5.41, 5.74) is 1.51. The Labute approximate surface area is 150 Å². The first-order valence-electron chi connectivity index (χ1n) is 7.74. The largest absolute Gasteiger partial charge is 0.512 e. The molecule has 9 heteroatoms. The van der Waals surface area contributed by atoms with Gasteiger partial charge >= 0.3 is 6.16 Å². The minimum atomic E-state index is -1.44. The Balaban J connectivity index is 1.70. The molecule has 0 saturated heterocycles. The van der Waals surface area contributed by atoms with E-state index < -0.39 is 11.1 Å². The molecule has 2 aromatic carbocycles. The minimum Gasteiger partial charge on any atom is -0.457 e. The highest BCUT2D eigenvalue weighted by molar-refractivity contribution is 6.07. The van der Waals surface area contributed by atoms with E-state index in [0.29, 0.717) is 11.5 Å². The highest BCUT2D eigenvalue weighted by Gasteiger charge is 2.11. The molecule has 2 aromatic heterocycles. The maximum absolute atomic E-state index is 10.7. The maximum Gasteiger partial charge on any atom is 0.512 e. The minimum absolute atomic E-state index is 0.0205. The Morgan fingerprint density at radius 1 is 1.04 bits per heavy atom. The average Bonchev–Trinajstić information content (AvgIpc) is 2.99. The van der Waals surface area contributed by atoms with Gasteiger partial charge in [-0.05, 0) is 30.3 Å². The van der Waals surface area contributed by atoms with Gasteiger partial charge in [0, 0.05) is 34.5 Å². The van der Waals surface area contributed by atoms with Crippen molar-refractivity contribution in [2.75, 3.05) is 0 Å². The predicted molar refractivity (Wildman–Crippen MR) is 95.4 cm³/mol. The molecule has 0 atom stereocenters. The number of aromatic amines is 1. The third kappa shape index (κ3) is 3.21. The van der Waals surface area contributed by atoms with Crippen molar-refractivity contribution in [1.82, 2.24) is 9.97 Å². The molecule has 0 unspecified atom stereocenters. The van der Waals surface area contributed by atoms with E-state index in [1.165, 1.54) is 36.5 Å². The number of benzene rings is 2. The van der Waals surface area contributed by atoms with Crippen molar-refractivity contribution in [2.45, 2.75) is 0 Å². The molecule has 134 valence electrons. The van der Waals surface area contributed by atoms with Gasteiger partial charge in [0.1, 0.15) is 11.5 Å². The topological polar surface area (TPSA) is 128 Å². The number of carbonyl (C=O) groups is 1.